The third kappa shape index (κ3) is 3.33. The van der Waals surface area contributed by atoms with Crippen LogP contribution in [0.3, 0.4) is 0 Å². The Hall–Kier alpha value is -2.83. The van der Waals surface area contributed by atoms with Gasteiger partial charge in [0.25, 0.3) is 0 Å². The number of benzene rings is 1. The molecular formula is C16H18N2O5. The third-order valence-corrected chi connectivity index (χ3v) is 3.34. The van der Waals surface area contributed by atoms with Gasteiger partial charge in [0.15, 0.2) is 12.3 Å². The molecule has 0 amide bonds. The zero-order valence-electron chi connectivity index (χ0n) is 13.2. The normalized spacial score (nSPS) is 11.6. The number of hydrogen-bond acceptors (Lipinski definition) is 6. The fourth-order valence-electron chi connectivity index (χ4n) is 2.28. The van der Waals surface area contributed by atoms with Crippen LogP contribution in [0.15, 0.2) is 30.7 Å². The number of carbonyl (C=O) groups is 2. The molecule has 0 aliphatic heterocycles. The summed E-state index contributed by atoms with van der Waals surface area (Å²) in [6.07, 6.45) is 3.43. The molecule has 1 atom stereocenters. The molecule has 0 aliphatic carbocycles. The van der Waals surface area contributed by atoms with Gasteiger partial charge >= 0.3 is 5.97 Å². The average molecular weight is 318 g/mol. The average Bonchev–Trinajstić information content (AvgIpc) is 3.03. The van der Waals surface area contributed by atoms with E-state index in [1.165, 1.54) is 31.3 Å². The molecule has 2 aromatic rings. The van der Waals surface area contributed by atoms with E-state index in [1.54, 1.807) is 25.1 Å². The van der Waals surface area contributed by atoms with Crippen molar-refractivity contribution in [2.75, 3.05) is 20.8 Å². The molecule has 1 heterocycles. The molecule has 2 rings (SSSR count). The van der Waals surface area contributed by atoms with Crippen LogP contribution < -0.4 is 9.47 Å². The summed E-state index contributed by atoms with van der Waals surface area (Å²) in [5, 5.41) is 0. The van der Waals surface area contributed by atoms with Crippen LogP contribution in [0.4, 0.5) is 0 Å². The summed E-state index contributed by atoms with van der Waals surface area (Å²) in [4.78, 5) is 27.6. The molecule has 122 valence electrons. The van der Waals surface area contributed by atoms with Gasteiger partial charge < -0.3 is 18.8 Å². The van der Waals surface area contributed by atoms with E-state index < -0.39 is 12.0 Å². The number of methoxy groups -OCH3 is 2. The Bertz CT molecular complexity index is 696. The molecule has 1 unspecified atom stereocenters. The largest absolute Gasteiger partial charge is 0.497 e. The molecule has 0 bridgehead atoms. The lowest BCUT2D eigenvalue weighted by atomic mass is 10.0. The second-order valence-corrected chi connectivity index (χ2v) is 4.61. The van der Waals surface area contributed by atoms with E-state index in [1.807, 2.05) is 0 Å². The number of ether oxygens (including phenoxy) is 3. The van der Waals surface area contributed by atoms with E-state index in [4.69, 9.17) is 14.2 Å². The first kappa shape index (κ1) is 16.5. The highest BCUT2D eigenvalue weighted by Crippen LogP contribution is 2.33. The lowest BCUT2D eigenvalue weighted by Crippen LogP contribution is -2.24. The standard InChI is InChI=1S/C16H18N2O5/c1-4-23-16(20)15(18-10-17-8-11(18)9-19)13-6-5-12(21-2)7-14(13)22-3/h5-10,15H,4H2,1-3H3. The lowest BCUT2D eigenvalue weighted by Gasteiger charge is -2.21. The number of nitrogens with zero attached hydrogens (tertiary/aromatic N) is 2. The van der Waals surface area contributed by atoms with Crippen molar-refractivity contribution in [2.24, 2.45) is 0 Å². The molecule has 0 aliphatic rings. The van der Waals surface area contributed by atoms with Gasteiger partial charge in [-0.1, -0.05) is 0 Å². The molecule has 0 spiro atoms. The van der Waals surface area contributed by atoms with Gasteiger partial charge in [-0.2, -0.15) is 0 Å². The molecule has 0 saturated carbocycles. The van der Waals surface area contributed by atoms with E-state index in [0.717, 1.165) is 0 Å². The summed E-state index contributed by atoms with van der Waals surface area (Å²) in [5.41, 5.74) is 0.814. The second kappa shape index (κ2) is 7.44. The van der Waals surface area contributed by atoms with Gasteiger partial charge in [-0.05, 0) is 19.1 Å². The minimum atomic E-state index is -0.876. The Balaban J connectivity index is 2.58. The molecule has 7 heteroatoms. The number of imidazole rings is 1. The van der Waals surface area contributed by atoms with Crippen molar-refractivity contribution in [1.29, 1.82) is 0 Å². The number of hydrogen-bond donors (Lipinski definition) is 0. The number of aldehydes is 1. The van der Waals surface area contributed by atoms with E-state index in [2.05, 4.69) is 4.98 Å². The van der Waals surface area contributed by atoms with E-state index >= 15 is 0 Å². The van der Waals surface area contributed by atoms with E-state index in [9.17, 15) is 9.59 Å². The SMILES string of the molecule is CCOC(=O)C(c1ccc(OC)cc1OC)n1cncc1C=O. The Kier molecular flexibility index (Phi) is 5.35. The Morgan fingerprint density at radius 2 is 2.13 bits per heavy atom. The molecule has 23 heavy (non-hydrogen) atoms. The highest BCUT2D eigenvalue weighted by atomic mass is 16.5. The topological polar surface area (TPSA) is 79.7 Å². The van der Waals surface area contributed by atoms with Crippen molar-refractivity contribution in [3.63, 3.8) is 0 Å². The predicted molar refractivity (Wildman–Crippen MR) is 81.9 cm³/mol. The third-order valence-electron chi connectivity index (χ3n) is 3.34. The van der Waals surface area contributed by atoms with Crippen molar-refractivity contribution in [3.05, 3.63) is 42.0 Å². The van der Waals surface area contributed by atoms with E-state index in [-0.39, 0.29) is 12.3 Å². The first-order chi connectivity index (χ1) is 11.2. The summed E-state index contributed by atoms with van der Waals surface area (Å²) in [5.74, 6) is 0.541. The van der Waals surface area contributed by atoms with Crippen molar-refractivity contribution in [1.82, 2.24) is 9.55 Å². The predicted octanol–water partition coefficient (Wildman–Crippen LogP) is 1.87. The van der Waals surface area contributed by atoms with Crippen LogP contribution in [-0.4, -0.2) is 42.6 Å². The zero-order valence-corrected chi connectivity index (χ0v) is 13.2. The molecule has 0 fully saturated rings. The van der Waals surface area contributed by atoms with Crippen LogP contribution in [0, 0.1) is 0 Å². The van der Waals surface area contributed by atoms with Crippen LogP contribution in [0.2, 0.25) is 0 Å². The summed E-state index contributed by atoms with van der Waals surface area (Å²) >= 11 is 0. The van der Waals surface area contributed by atoms with Crippen molar-refractivity contribution in [2.45, 2.75) is 13.0 Å². The van der Waals surface area contributed by atoms with Gasteiger partial charge in [0.1, 0.15) is 17.2 Å². The first-order valence-corrected chi connectivity index (χ1v) is 7.01. The first-order valence-electron chi connectivity index (χ1n) is 7.01. The molecule has 0 saturated heterocycles. The molecule has 1 aromatic carbocycles. The molecule has 0 N–H and O–H groups in total. The summed E-state index contributed by atoms with van der Waals surface area (Å²) in [6, 6.07) is 4.20. The molecule has 7 nitrogen and oxygen atoms in total. The van der Waals surface area contributed by atoms with Gasteiger partial charge in [0.05, 0.1) is 33.4 Å². The Morgan fingerprint density at radius 1 is 1.35 bits per heavy atom. The van der Waals surface area contributed by atoms with Crippen LogP contribution in [0.1, 0.15) is 29.0 Å². The number of carbonyl (C=O) groups excluding carboxylic acids is 2. The van der Waals surface area contributed by atoms with Crippen LogP contribution in [-0.2, 0) is 9.53 Å². The van der Waals surface area contributed by atoms with Gasteiger partial charge in [-0.25, -0.2) is 9.78 Å². The van der Waals surface area contributed by atoms with Crippen LogP contribution in [0.25, 0.3) is 0 Å². The highest BCUT2D eigenvalue weighted by Gasteiger charge is 2.29. The highest BCUT2D eigenvalue weighted by molar-refractivity contribution is 5.81. The molecular weight excluding hydrogens is 300 g/mol. The quantitative estimate of drug-likeness (QED) is 0.573. The molecule has 0 radical (unpaired) electrons. The fourth-order valence-corrected chi connectivity index (χ4v) is 2.28. The van der Waals surface area contributed by atoms with Gasteiger partial charge in [-0.3, -0.25) is 4.79 Å². The van der Waals surface area contributed by atoms with Crippen molar-refractivity contribution < 1.29 is 23.8 Å². The second-order valence-electron chi connectivity index (χ2n) is 4.61. The number of aromatic nitrogens is 2. The maximum Gasteiger partial charge on any atom is 0.334 e. The van der Waals surface area contributed by atoms with Crippen LogP contribution in [0.5, 0.6) is 11.5 Å². The Morgan fingerprint density at radius 3 is 2.74 bits per heavy atom. The summed E-state index contributed by atoms with van der Waals surface area (Å²) in [7, 11) is 3.03. The smallest absolute Gasteiger partial charge is 0.334 e. The lowest BCUT2D eigenvalue weighted by molar-refractivity contribution is -0.145. The maximum absolute atomic E-state index is 12.5. The van der Waals surface area contributed by atoms with E-state index in [0.29, 0.717) is 23.3 Å². The summed E-state index contributed by atoms with van der Waals surface area (Å²) < 4.78 is 17.1. The van der Waals surface area contributed by atoms with Gasteiger partial charge in [0.2, 0.25) is 0 Å². The fraction of sp³-hybridized carbons (Fsp3) is 0.312. The summed E-state index contributed by atoms with van der Waals surface area (Å²) in [6.45, 7) is 1.94. The monoisotopic (exact) mass is 318 g/mol. The number of rotatable bonds is 7. The van der Waals surface area contributed by atoms with Crippen LogP contribution >= 0.6 is 0 Å². The molecule has 1 aromatic heterocycles. The minimum Gasteiger partial charge on any atom is -0.497 e. The Labute approximate surface area is 133 Å². The van der Waals surface area contributed by atoms with Crippen molar-refractivity contribution in [3.8, 4) is 11.5 Å². The minimum absolute atomic E-state index is 0.221. The van der Waals surface area contributed by atoms with Crippen molar-refractivity contribution >= 4 is 12.3 Å². The van der Waals surface area contributed by atoms with Gasteiger partial charge in [0, 0.05) is 11.6 Å². The number of esters is 1. The maximum atomic E-state index is 12.5. The van der Waals surface area contributed by atoms with Gasteiger partial charge in [-0.15, -0.1) is 0 Å². The zero-order chi connectivity index (χ0) is 16.8.